The van der Waals surface area contributed by atoms with Gasteiger partial charge in [-0.1, -0.05) is 12.1 Å². The molecule has 0 spiro atoms. The molecule has 0 aliphatic heterocycles. The number of benzene rings is 1. The first-order chi connectivity index (χ1) is 8.24. The van der Waals surface area contributed by atoms with Crippen LogP contribution in [0, 0.1) is 5.82 Å². The number of rotatable bonds is 1. The number of hydrogen-bond donors (Lipinski definition) is 1. The van der Waals surface area contributed by atoms with Crippen molar-refractivity contribution in [2.24, 2.45) is 0 Å². The number of fused-ring (bicyclic) bond motifs is 1. The molecule has 0 aliphatic rings. The van der Waals surface area contributed by atoms with Crippen LogP contribution in [0.1, 0.15) is 0 Å². The lowest BCUT2D eigenvalue weighted by Gasteiger charge is -2.01. The molecule has 0 atom stereocenters. The Morgan fingerprint density at radius 2 is 1.88 bits per heavy atom. The smallest absolute Gasteiger partial charge is 0.123 e. The highest BCUT2D eigenvalue weighted by Crippen LogP contribution is 2.26. The summed E-state index contributed by atoms with van der Waals surface area (Å²) >= 11 is 3.41. The topological polar surface area (TPSA) is 28.7 Å². The van der Waals surface area contributed by atoms with Gasteiger partial charge in [0, 0.05) is 18.0 Å². The number of H-pyrrole nitrogens is 1. The molecular weight excluding hydrogens is 283 g/mol. The molecule has 3 aromatic rings. The van der Waals surface area contributed by atoms with Crippen LogP contribution in [0.4, 0.5) is 4.39 Å². The standard InChI is InChI=1S/C13H8BrFN2/c14-11-7-16-12-5-9(6-17-13(11)12)8-1-3-10(15)4-2-8/h1-7,16H. The third kappa shape index (κ3) is 1.85. The Balaban J connectivity index is 2.14. The van der Waals surface area contributed by atoms with Crippen LogP contribution in [0.5, 0.6) is 0 Å². The van der Waals surface area contributed by atoms with E-state index in [1.54, 1.807) is 18.3 Å². The fourth-order valence-electron chi connectivity index (χ4n) is 1.77. The van der Waals surface area contributed by atoms with E-state index in [2.05, 4.69) is 25.9 Å². The minimum Gasteiger partial charge on any atom is -0.359 e. The summed E-state index contributed by atoms with van der Waals surface area (Å²) in [5.74, 6) is -0.231. The summed E-state index contributed by atoms with van der Waals surface area (Å²) in [7, 11) is 0. The van der Waals surface area contributed by atoms with E-state index in [9.17, 15) is 4.39 Å². The number of halogens is 2. The van der Waals surface area contributed by atoms with Gasteiger partial charge in [-0.2, -0.15) is 0 Å². The number of hydrogen-bond acceptors (Lipinski definition) is 1. The van der Waals surface area contributed by atoms with Crippen LogP contribution in [0.25, 0.3) is 22.2 Å². The molecule has 0 saturated heterocycles. The normalized spacial score (nSPS) is 10.9. The van der Waals surface area contributed by atoms with Crippen LogP contribution in [0.2, 0.25) is 0 Å². The van der Waals surface area contributed by atoms with Gasteiger partial charge in [-0.25, -0.2) is 4.39 Å². The highest BCUT2D eigenvalue weighted by Gasteiger charge is 2.05. The zero-order valence-corrected chi connectivity index (χ0v) is 10.3. The van der Waals surface area contributed by atoms with E-state index in [4.69, 9.17) is 0 Å². The van der Waals surface area contributed by atoms with E-state index in [-0.39, 0.29) is 5.82 Å². The van der Waals surface area contributed by atoms with Gasteiger partial charge in [0.2, 0.25) is 0 Å². The number of nitrogens with one attached hydrogen (secondary N) is 1. The van der Waals surface area contributed by atoms with Gasteiger partial charge in [0.05, 0.1) is 9.99 Å². The van der Waals surface area contributed by atoms with Crippen molar-refractivity contribution in [2.45, 2.75) is 0 Å². The van der Waals surface area contributed by atoms with E-state index in [0.717, 1.165) is 26.6 Å². The molecule has 2 heterocycles. The minimum absolute atomic E-state index is 0.231. The Morgan fingerprint density at radius 3 is 2.65 bits per heavy atom. The monoisotopic (exact) mass is 290 g/mol. The fraction of sp³-hybridized carbons (Fsp3) is 0. The Bertz CT molecular complexity index is 673. The number of nitrogens with zero attached hydrogens (tertiary/aromatic N) is 1. The van der Waals surface area contributed by atoms with E-state index in [1.807, 2.05) is 12.3 Å². The molecule has 1 N–H and O–H groups in total. The van der Waals surface area contributed by atoms with Gasteiger partial charge < -0.3 is 4.98 Å². The zero-order chi connectivity index (χ0) is 11.8. The van der Waals surface area contributed by atoms with Crippen molar-refractivity contribution in [2.75, 3.05) is 0 Å². The van der Waals surface area contributed by atoms with Crippen molar-refractivity contribution >= 4 is 27.0 Å². The second kappa shape index (κ2) is 3.96. The van der Waals surface area contributed by atoms with E-state index in [1.165, 1.54) is 12.1 Å². The van der Waals surface area contributed by atoms with Crippen molar-refractivity contribution in [1.29, 1.82) is 0 Å². The molecule has 1 aromatic carbocycles. The van der Waals surface area contributed by atoms with E-state index in [0.29, 0.717) is 0 Å². The predicted octanol–water partition coefficient (Wildman–Crippen LogP) is 4.13. The predicted molar refractivity (Wildman–Crippen MR) is 69.2 cm³/mol. The zero-order valence-electron chi connectivity index (χ0n) is 8.74. The molecule has 0 bridgehead atoms. The lowest BCUT2D eigenvalue weighted by atomic mass is 10.1. The van der Waals surface area contributed by atoms with Crippen molar-refractivity contribution in [3.05, 3.63) is 53.0 Å². The summed E-state index contributed by atoms with van der Waals surface area (Å²) in [6.45, 7) is 0. The quantitative estimate of drug-likeness (QED) is 0.717. The molecule has 4 heteroatoms. The van der Waals surface area contributed by atoms with Gasteiger partial charge in [-0.15, -0.1) is 0 Å². The van der Waals surface area contributed by atoms with Crippen molar-refractivity contribution in [3.8, 4) is 11.1 Å². The number of aromatic amines is 1. The van der Waals surface area contributed by atoms with Crippen LogP contribution in [-0.2, 0) is 0 Å². The third-order valence-corrected chi connectivity index (χ3v) is 3.25. The van der Waals surface area contributed by atoms with Gasteiger partial charge in [-0.3, -0.25) is 4.98 Å². The lowest BCUT2D eigenvalue weighted by molar-refractivity contribution is 0.628. The maximum atomic E-state index is 12.8. The first kappa shape index (κ1) is 10.5. The highest BCUT2D eigenvalue weighted by molar-refractivity contribution is 9.10. The van der Waals surface area contributed by atoms with Crippen molar-refractivity contribution < 1.29 is 4.39 Å². The molecule has 3 rings (SSSR count). The summed E-state index contributed by atoms with van der Waals surface area (Å²) in [4.78, 5) is 7.49. The highest BCUT2D eigenvalue weighted by atomic mass is 79.9. The van der Waals surface area contributed by atoms with Gasteiger partial charge in [0.1, 0.15) is 11.3 Å². The van der Waals surface area contributed by atoms with Gasteiger partial charge >= 0.3 is 0 Å². The Kier molecular flexibility index (Phi) is 2.44. The average molecular weight is 291 g/mol. The van der Waals surface area contributed by atoms with Gasteiger partial charge in [-0.05, 0) is 39.7 Å². The Hall–Kier alpha value is -1.68. The molecule has 84 valence electrons. The summed E-state index contributed by atoms with van der Waals surface area (Å²) in [5, 5.41) is 0. The molecule has 2 aromatic heterocycles. The molecule has 0 radical (unpaired) electrons. The molecule has 0 amide bonds. The maximum Gasteiger partial charge on any atom is 0.123 e. The first-order valence-electron chi connectivity index (χ1n) is 5.12. The molecule has 2 nitrogen and oxygen atoms in total. The van der Waals surface area contributed by atoms with E-state index >= 15 is 0 Å². The van der Waals surface area contributed by atoms with Crippen molar-refractivity contribution in [1.82, 2.24) is 9.97 Å². The van der Waals surface area contributed by atoms with Crippen LogP contribution in [-0.4, -0.2) is 9.97 Å². The van der Waals surface area contributed by atoms with Crippen LogP contribution in [0.3, 0.4) is 0 Å². The van der Waals surface area contributed by atoms with Gasteiger partial charge in [0.25, 0.3) is 0 Å². The second-order valence-electron chi connectivity index (χ2n) is 3.76. The molecule has 0 fully saturated rings. The molecule has 0 aliphatic carbocycles. The lowest BCUT2D eigenvalue weighted by Crippen LogP contribution is -1.82. The fourth-order valence-corrected chi connectivity index (χ4v) is 2.21. The van der Waals surface area contributed by atoms with Crippen LogP contribution >= 0.6 is 15.9 Å². The summed E-state index contributed by atoms with van der Waals surface area (Å²) < 4.78 is 13.8. The number of aromatic nitrogens is 2. The number of pyridine rings is 1. The van der Waals surface area contributed by atoms with Crippen LogP contribution < -0.4 is 0 Å². The molecular formula is C13H8BrFN2. The van der Waals surface area contributed by atoms with Gasteiger partial charge in [0.15, 0.2) is 0 Å². The SMILES string of the molecule is Fc1ccc(-c2cnc3c(Br)c[nH]c3c2)cc1. The minimum atomic E-state index is -0.231. The Morgan fingerprint density at radius 1 is 1.12 bits per heavy atom. The van der Waals surface area contributed by atoms with E-state index < -0.39 is 0 Å². The van der Waals surface area contributed by atoms with Crippen LogP contribution in [0.15, 0.2) is 47.2 Å². The first-order valence-corrected chi connectivity index (χ1v) is 5.92. The largest absolute Gasteiger partial charge is 0.359 e. The molecule has 17 heavy (non-hydrogen) atoms. The Labute approximate surface area is 106 Å². The third-order valence-electron chi connectivity index (χ3n) is 2.65. The molecule has 0 unspecified atom stereocenters. The summed E-state index contributed by atoms with van der Waals surface area (Å²) in [6, 6.07) is 8.39. The second-order valence-corrected chi connectivity index (χ2v) is 4.62. The summed E-state index contributed by atoms with van der Waals surface area (Å²) in [5.41, 5.74) is 3.77. The summed E-state index contributed by atoms with van der Waals surface area (Å²) in [6.07, 6.45) is 3.64. The van der Waals surface area contributed by atoms with Crippen molar-refractivity contribution in [3.63, 3.8) is 0 Å². The molecule has 0 saturated carbocycles. The maximum absolute atomic E-state index is 12.8. The average Bonchev–Trinajstić information content (AvgIpc) is 2.72.